The summed E-state index contributed by atoms with van der Waals surface area (Å²) in [4.78, 5) is 4.09. The van der Waals surface area contributed by atoms with E-state index in [0.29, 0.717) is 29.4 Å². The Hall–Kier alpha value is -2.74. The number of nitrogens with one attached hydrogen (secondary N) is 1. The quantitative estimate of drug-likeness (QED) is 0.876. The highest BCUT2D eigenvalue weighted by atomic mass is 16.5. The van der Waals surface area contributed by atoms with Crippen molar-refractivity contribution in [2.45, 2.75) is 6.54 Å². The second-order valence-corrected chi connectivity index (χ2v) is 3.87. The molecule has 0 atom stereocenters. The summed E-state index contributed by atoms with van der Waals surface area (Å²) in [6.07, 6.45) is 0. The molecule has 2 aromatic rings. The number of methoxy groups -OCH3 is 1. The van der Waals surface area contributed by atoms with Crippen molar-refractivity contribution in [3.63, 3.8) is 0 Å². The zero-order valence-electron chi connectivity index (χ0n) is 10.4. The molecular weight excluding hydrogens is 242 g/mol. The van der Waals surface area contributed by atoms with Gasteiger partial charge in [-0.05, 0) is 30.3 Å². The summed E-state index contributed by atoms with van der Waals surface area (Å²) < 4.78 is 5.10. The van der Waals surface area contributed by atoms with Crippen LogP contribution in [0.2, 0.25) is 0 Å². The third-order valence-corrected chi connectivity index (χ3v) is 2.61. The van der Waals surface area contributed by atoms with Crippen molar-refractivity contribution < 1.29 is 9.84 Å². The van der Waals surface area contributed by atoms with Gasteiger partial charge in [0.15, 0.2) is 0 Å². The fraction of sp³-hybridized carbons (Fsp3) is 0.143. The molecule has 2 rings (SSSR count). The normalized spacial score (nSPS) is 9.68. The smallest absolute Gasteiger partial charge is 0.142 e. The van der Waals surface area contributed by atoms with Crippen LogP contribution >= 0.6 is 0 Å². The number of phenols is 1. The summed E-state index contributed by atoms with van der Waals surface area (Å²) in [7, 11) is 1.57. The molecule has 0 bridgehead atoms. The highest BCUT2D eigenvalue weighted by Gasteiger charge is 2.04. The van der Waals surface area contributed by atoms with Crippen LogP contribution in [0.1, 0.15) is 11.3 Å². The summed E-state index contributed by atoms with van der Waals surface area (Å²) in [6.45, 7) is 0.394. The largest absolute Gasteiger partial charge is 0.508 e. The van der Waals surface area contributed by atoms with Gasteiger partial charge in [-0.1, -0.05) is 6.07 Å². The van der Waals surface area contributed by atoms with Crippen molar-refractivity contribution in [2.24, 2.45) is 0 Å². The number of nitriles is 1. The summed E-state index contributed by atoms with van der Waals surface area (Å²) in [5.41, 5.74) is 1.04. The lowest BCUT2D eigenvalue weighted by Crippen LogP contribution is -2.02. The minimum Gasteiger partial charge on any atom is -0.508 e. The molecule has 0 unspecified atom stereocenters. The number of rotatable bonds is 4. The zero-order valence-corrected chi connectivity index (χ0v) is 10.4. The molecule has 19 heavy (non-hydrogen) atoms. The van der Waals surface area contributed by atoms with Gasteiger partial charge in [-0.3, -0.25) is 0 Å². The van der Waals surface area contributed by atoms with Crippen LogP contribution in [0.15, 0.2) is 36.4 Å². The first-order valence-corrected chi connectivity index (χ1v) is 5.70. The van der Waals surface area contributed by atoms with E-state index in [0.717, 1.165) is 0 Å². The van der Waals surface area contributed by atoms with Crippen LogP contribution in [0.3, 0.4) is 0 Å². The SMILES string of the molecule is COc1ccc(O)c(CNc2cccc(C#N)n2)c1. The fourth-order valence-corrected chi connectivity index (χ4v) is 1.61. The molecule has 0 aliphatic heterocycles. The Labute approximate surface area is 111 Å². The van der Waals surface area contributed by atoms with Gasteiger partial charge in [0.05, 0.1) is 7.11 Å². The Morgan fingerprint density at radius 3 is 2.95 bits per heavy atom. The van der Waals surface area contributed by atoms with Gasteiger partial charge in [-0.2, -0.15) is 5.26 Å². The number of phenolic OH excluding ortho intramolecular Hbond substituents is 1. The van der Waals surface area contributed by atoms with E-state index in [1.807, 2.05) is 6.07 Å². The van der Waals surface area contributed by atoms with E-state index in [9.17, 15) is 5.11 Å². The Bertz CT molecular complexity index is 620. The Kier molecular flexibility index (Phi) is 3.84. The summed E-state index contributed by atoms with van der Waals surface area (Å²) >= 11 is 0. The lowest BCUT2D eigenvalue weighted by atomic mass is 10.2. The molecule has 1 heterocycles. The Morgan fingerprint density at radius 2 is 2.21 bits per heavy atom. The average molecular weight is 255 g/mol. The Balaban J connectivity index is 2.12. The van der Waals surface area contributed by atoms with Gasteiger partial charge < -0.3 is 15.2 Å². The number of aromatic nitrogens is 1. The monoisotopic (exact) mass is 255 g/mol. The van der Waals surface area contributed by atoms with Gasteiger partial charge in [-0.25, -0.2) is 4.98 Å². The third kappa shape index (κ3) is 3.13. The molecule has 5 nitrogen and oxygen atoms in total. The summed E-state index contributed by atoms with van der Waals surface area (Å²) in [6, 6.07) is 12.1. The van der Waals surface area contributed by atoms with Crippen molar-refractivity contribution in [3.8, 4) is 17.6 Å². The van der Waals surface area contributed by atoms with E-state index in [-0.39, 0.29) is 5.75 Å². The first-order chi connectivity index (χ1) is 9.22. The fourth-order valence-electron chi connectivity index (χ4n) is 1.61. The molecule has 2 N–H and O–H groups in total. The lowest BCUT2D eigenvalue weighted by molar-refractivity contribution is 0.411. The van der Waals surface area contributed by atoms with Crippen LogP contribution in [0.25, 0.3) is 0 Å². The van der Waals surface area contributed by atoms with Crippen molar-refractivity contribution in [3.05, 3.63) is 47.7 Å². The van der Waals surface area contributed by atoms with E-state index in [1.165, 1.54) is 0 Å². The number of nitrogens with zero attached hydrogens (tertiary/aromatic N) is 2. The molecule has 0 fully saturated rings. The number of ether oxygens (including phenoxy) is 1. The maximum atomic E-state index is 9.74. The number of aromatic hydroxyl groups is 1. The average Bonchev–Trinajstić information content (AvgIpc) is 2.46. The Morgan fingerprint density at radius 1 is 1.37 bits per heavy atom. The van der Waals surface area contributed by atoms with E-state index in [1.54, 1.807) is 43.5 Å². The van der Waals surface area contributed by atoms with Gasteiger partial charge in [0.2, 0.25) is 0 Å². The first kappa shape index (κ1) is 12.7. The molecule has 0 aliphatic rings. The molecule has 1 aromatic heterocycles. The molecule has 96 valence electrons. The first-order valence-electron chi connectivity index (χ1n) is 5.70. The van der Waals surface area contributed by atoms with Crippen LogP contribution in [-0.4, -0.2) is 17.2 Å². The van der Waals surface area contributed by atoms with Crippen molar-refractivity contribution in [2.75, 3.05) is 12.4 Å². The minimum atomic E-state index is 0.185. The van der Waals surface area contributed by atoms with Crippen LogP contribution in [0.4, 0.5) is 5.82 Å². The molecule has 5 heteroatoms. The van der Waals surface area contributed by atoms with Crippen LogP contribution in [0, 0.1) is 11.3 Å². The van der Waals surface area contributed by atoms with Gasteiger partial charge in [-0.15, -0.1) is 0 Å². The third-order valence-electron chi connectivity index (χ3n) is 2.61. The van der Waals surface area contributed by atoms with E-state index >= 15 is 0 Å². The van der Waals surface area contributed by atoms with E-state index < -0.39 is 0 Å². The zero-order chi connectivity index (χ0) is 13.7. The molecule has 0 amide bonds. The number of benzene rings is 1. The molecule has 0 saturated carbocycles. The highest BCUT2D eigenvalue weighted by molar-refractivity contribution is 5.44. The molecule has 0 radical (unpaired) electrons. The van der Waals surface area contributed by atoms with E-state index in [2.05, 4.69) is 10.3 Å². The van der Waals surface area contributed by atoms with Gasteiger partial charge in [0.25, 0.3) is 0 Å². The molecular formula is C14H13N3O2. The van der Waals surface area contributed by atoms with Gasteiger partial charge in [0, 0.05) is 12.1 Å². The molecule has 0 aliphatic carbocycles. The lowest BCUT2D eigenvalue weighted by Gasteiger charge is -2.09. The summed E-state index contributed by atoms with van der Waals surface area (Å²) in [5, 5.41) is 21.6. The standard InChI is InChI=1S/C14H13N3O2/c1-19-12-5-6-13(18)10(7-12)9-16-14-4-2-3-11(8-15)17-14/h2-7,18H,9H2,1H3,(H,16,17). The second kappa shape index (κ2) is 5.74. The minimum absolute atomic E-state index is 0.185. The van der Waals surface area contributed by atoms with Crippen molar-refractivity contribution in [1.82, 2.24) is 4.98 Å². The van der Waals surface area contributed by atoms with E-state index in [4.69, 9.17) is 10.00 Å². The predicted molar refractivity (Wildman–Crippen MR) is 70.9 cm³/mol. The van der Waals surface area contributed by atoms with Crippen molar-refractivity contribution in [1.29, 1.82) is 5.26 Å². The van der Waals surface area contributed by atoms with Gasteiger partial charge in [0.1, 0.15) is 29.1 Å². The maximum absolute atomic E-state index is 9.74. The topological polar surface area (TPSA) is 78.2 Å². The van der Waals surface area contributed by atoms with Crippen molar-refractivity contribution >= 4 is 5.82 Å². The number of hydrogen-bond donors (Lipinski definition) is 2. The summed E-state index contributed by atoms with van der Waals surface area (Å²) in [5.74, 6) is 1.44. The number of hydrogen-bond acceptors (Lipinski definition) is 5. The van der Waals surface area contributed by atoms with Gasteiger partial charge >= 0.3 is 0 Å². The highest BCUT2D eigenvalue weighted by Crippen LogP contribution is 2.23. The van der Waals surface area contributed by atoms with Crippen LogP contribution in [-0.2, 0) is 6.54 Å². The number of anilines is 1. The second-order valence-electron chi connectivity index (χ2n) is 3.87. The van der Waals surface area contributed by atoms with Crippen LogP contribution < -0.4 is 10.1 Å². The molecule has 0 saturated heterocycles. The molecule has 1 aromatic carbocycles. The predicted octanol–water partition coefficient (Wildman–Crippen LogP) is 2.28. The molecule has 0 spiro atoms. The maximum Gasteiger partial charge on any atom is 0.142 e. The number of pyridine rings is 1. The van der Waals surface area contributed by atoms with Crippen LogP contribution in [0.5, 0.6) is 11.5 Å².